The third kappa shape index (κ3) is 4.85. The van der Waals surface area contributed by atoms with E-state index < -0.39 is 12.0 Å². The molecule has 7 nitrogen and oxygen atoms in total. The van der Waals surface area contributed by atoms with Crippen LogP contribution >= 0.6 is 0 Å². The minimum Gasteiger partial charge on any atom is -0.481 e. The number of nitrogens with zero attached hydrogens (tertiary/aromatic N) is 1. The van der Waals surface area contributed by atoms with Crippen LogP contribution in [0.5, 0.6) is 5.95 Å². The van der Waals surface area contributed by atoms with Crippen molar-refractivity contribution in [3.05, 3.63) is 36.6 Å². The van der Waals surface area contributed by atoms with Crippen LogP contribution in [0.2, 0.25) is 0 Å². The Bertz CT molecular complexity index is 424. The lowest BCUT2D eigenvalue weighted by Crippen LogP contribution is -2.32. The molecular formula is C10H13N3O4. The number of carboxylic acid groups (broad SMARTS) is 1. The van der Waals surface area contributed by atoms with Gasteiger partial charge in [-0.15, -0.1) is 0 Å². The van der Waals surface area contributed by atoms with Gasteiger partial charge in [-0.25, -0.2) is 4.98 Å². The van der Waals surface area contributed by atoms with E-state index in [0.29, 0.717) is 0 Å². The molecule has 0 saturated carbocycles. The smallest absolute Gasteiger partial charge is 0.320 e. The number of nitrogens with one attached hydrogen (secondary N) is 1. The monoisotopic (exact) mass is 239 g/mol. The summed E-state index contributed by atoms with van der Waals surface area (Å²) < 4.78 is 4.39. The molecule has 0 aromatic carbocycles. The lowest BCUT2D eigenvalue weighted by molar-refractivity contribution is -0.138. The maximum Gasteiger partial charge on any atom is 0.320 e. The van der Waals surface area contributed by atoms with Gasteiger partial charge in [-0.2, -0.15) is 0 Å². The first-order valence-electron chi connectivity index (χ1n) is 4.77. The summed E-state index contributed by atoms with van der Waals surface area (Å²) in [6, 6.07) is 2.24. The van der Waals surface area contributed by atoms with Gasteiger partial charge in [0.15, 0.2) is 0 Å². The predicted octanol–water partition coefficient (Wildman–Crippen LogP) is 0.349. The standard InChI is InChI=1S/C6H9N3O2.C4H4O2/c7-5(6(10)11)1-4-2-8-3-9-4;5-4-2-1-3-6-4/h2-3,5H,1,7H2,(H,8,9)(H,10,11);1-3,5H/t5-;/m0./s1. The Kier molecular flexibility index (Phi) is 4.77. The van der Waals surface area contributed by atoms with E-state index in [2.05, 4.69) is 14.4 Å². The van der Waals surface area contributed by atoms with Crippen LogP contribution in [-0.2, 0) is 11.2 Å². The van der Waals surface area contributed by atoms with Crippen molar-refractivity contribution in [2.24, 2.45) is 5.73 Å². The Morgan fingerprint density at radius 3 is 2.76 bits per heavy atom. The maximum absolute atomic E-state index is 10.3. The van der Waals surface area contributed by atoms with Crippen molar-refractivity contribution < 1.29 is 19.4 Å². The van der Waals surface area contributed by atoms with Gasteiger partial charge in [0.2, 0.25) is 0 Å². The van der Waals surface area contributed by atoms with E-state index >= 15 is 0 Å². The zero-order chi connectivity index (χ0) is 12.7. The zero-order valence-corrected chi connectivity index (χ0v) is 8.91. The Hall–Kier alpha value is -2.28. The van der Waals surface area contributed by atoms with E-state index in [9.17, 15) is 4.79 Å². The third-order valence-corrected chi connectivity index (χ3v) is 1.82. The number of H-pyrrole nitrogens is 1. The molecule has 2 aromatic heterocycles. The van der Waals surface area contributed by atoms with Crippen molar-refractivity contribution in [3.8, 4) is 5.95 Å². The summed E-state index contributed by atoms with van der Waals surface area (Å²) in [7, 11) is 0. The van der Waals surface area contributed by atoms with Gasteiger partial charge in [-0.3, -0.25) is 4.79 Å². The highest BCUT2D eigenvalue weighted by Crippen LogP contribution is 2.04. The highest BCUT2D eigenvalue weighted by molar-refractivity contribution is 5.73. The maximum atomic E-state index is 10.3. The Morgan fingerprint density at radius 1 is 1.65 bits per heavy atom. The van der Waals surface area contributed by atoms with Crippen molar-refractivity contribution in [1.29, 1.82) is 0 Å². The molecule has 7 heteroatoms. The first-order chi connectivity index (χ1) is 8.09. The summed E-state index contributed by atoms with van der Waals surface area (Å²) >= 11 is 0. The van der Waals surface area contributed by atoms with Crippen LogP contribution in [0.1, 0.15) is 5.69 Å². The molecule has 0 unspecified atom stereocenters. The molecule has 5 N–H and O–H groups in total. The molecule has 2 heterocycles. The second-order valence-corrected chi connectivity index (χ2v) is 3.18. The van der Waals surface area contributed by atoms with E-state index in [1.807, 2.05) is 0 Å². The van der Waals surface area contributed by atoms with Crippen LogP contribution < -0.4 is 5.73 Å². The number of carbonyl (C=O) groups is 1. The number of carboxylic acids is 1. The average molecular weight is 239 g/mol. The van der Waals surface area contributed by atoms with Crippen LogP contribution in [0.25, 0.3) is 0 Å². The van der Waals surface area contributed by atoms with Gasteiger partial charge < -0.3 is 25.3 Å². The number of furan rings is 1. The molecular weight excluding hydrogens is 226 g/mol. The fourth-order valence-electron chi connectivity index (χ4n) is 0.990. The lowest BCUT2D eigenvalue weighted by Gasteiger charge is -2.02. The first-order valence-corrected chi connectivity index (χ1v) is 4.77. The van der Waals surface area contributed by atoms with Gasteiger partial charge in [0.25, 0.3) is 5.95 Å². The van der Waals surface area contributed by atoms with E-state index in [0.717, 1.165) is 5.69 Å². The minimum absolute atomic E-state index is 0.0324. The van der Waals surface area contributed by atoms with Gasteiger partial charge in [0.1, 0.15) is 6.04 Å². The number of aromatic nitrogens is 2. The fourth-order valence-corrected chi connectivity index (χ4v) is 0.990. The SMILES string of the molecule is N[C@@H](Cc1cnc[nH]1)C(=O)O.Oc1ccco1. The van der Waals surface area contributed by atoms with Crippen molar-refractivity contribution in [2.75, 3.05) is 0 Å². The fraction of sp³-hybridized carbons (Fsp3) is 0.200. The Labute approximate surface area is 96.9 Å². The molecule has 0 amide bonds. The molecule has 0 bridgehead atoms. The normalized spacial score (nSPS) is 11.4. The molecule has 0 aliphatic rings. The van der Waals surface area contributed by atoms with Crippen molar-refractivity contribution >= 4 is 5.97 Å². The van der Waals surface area contributed by atoms with Crippen molar-refractivity contribution in [1.82, 2.24) is 9.97 Å². The van der Waals surface area contributed by atoms with Crippen LogP contribution in [0, 0.1) is 0 Å². The highest BCUT2D eigenvalue weighted by Gasteiger charge is 2.11. The number of aliphatic carboxylic acids is 1. The van der Waals surface area contributed by atoms with Gasteiger partial charge in [0.05, 0.1) is 12.6 Å². The number of rotatable bonds is 3. The predicted molar refractivity (Wildman–Crippen MR) is 58.3 cm³/mol. The van der Waals surface area contributed by atoms with E-state index in [-0.39, 0.29) is 12.4 Å². The molecule has 0 fully saturated rings. The van der Waals surface area contributed by atoms with Gasteiger partial charge in [0, 0.05) is 24.4 Å². The Morgan fingerprint density at radius 2 is 2.41 bits per heavy atom. The van der Waals surface area contributed by atoms with Crippen LogP contribution in [0.15, 0.2) is 35.3 Å². The molecule has 0 aliphatic carbocycles. The first kappa shape index (κ1) is 12.8. The van der Waals surface area contributed by atoms with Gasteiger partial charge in [-0.05, 0) is 6.07 Å². The number of nitrogens with two attached hydrogens (primary N) is 1. The molecule has 0 radical (unpaired) electrons. The highest BCUT2D eigenvalue weighted by atomic mass is 16.5. The number of aromatic amines is 1. The van der Waals surface area contributed by atoms with Crippen molar-refractivity contribution in [2.45, 2.75) is 12.5 Å². The molecule has 92 valence electrons. The quantitative estimate of drug-likeness (QED) is 0.612. The van der Waals surface area contributed by atoms with Crippen molar-refractivity contribution in [3.63, 3.8) is 0 Å². The summed E-state index contributed by atoms with van der Waals surface area (Å²) in [5.74, 6) is -1.03. The molecule has 0 aliphatic heterocycles. The average Bonchev–Trinajstić information content (AvgIpc) is 2.92. The van der Waals surface area contributed by atoms with Crippen LogP contribution in [0.3, 0.4) is 0 Å². The minimum atomic E-state index is -1.00. The molecule has 17 heavy (non-hydrogen) atoms. The summed E-state index contributed by atoms with van der Waals surface area (Å²) in [6.07, 6.45) is 4.75. The number of imidazole rings is 1. The third-order valence-electron chi connectivity index (χ3n) is 1.82. The largest absolute Gasteiger partial charge is 0.481 e. The number of hydrogen-bond donors (Lipinski definition) is 4. The molecule has 2 rings (SSSR count). The van der Waals surface area contributed by atoms with E-state index in [1.165, 1.54) is 18.7 Å². The Balaban J connectivity index is 0.000000202. The second kappa shape index (κ2) is 6.33. The second-order valence-electron chi connectivity index (χ2n) is 3.18. The summed E-state index contributed by atoms with van der Waals surface area (Å²) in [4.78, 5) is 16.8. The van der Waals surface area contributed by atoms with Gasteiger partial charge in [-0.1, -0.05) is 0 Å². The summed E-state index contributed by atoms with van der Waals surface area (Å²) in [5.41, 5.74) is 6.00. The molecule has 0 spiro atoms. The van der Waals surface area contributed by atoms with E-state index in [1.54, 1.807) is 12.3 Å². The molecule has 2 aromatic rings. The van der Waals surface area contributed by atoms with Crippen LogP contribution in [0.4, 0.5) is 0 Å². The van der Waals surface area contributed by atoms with Gasteiger partial charge >= 0.3 is 5.97 Å². The molecule has 1 atom stereocenters. The zero-order valence-electron chi connectivity index (χ0n) is 8.91. The number of hydrogen-bond acceptors (Lipinski definition) is 5. The summed E-state index contributed by atoms with van der Waals surface area (Å²) in [5, 5.41) is 16.7. The number of aromatic hydroxyl groups is 1. The van der Waals surface area contributed by atoms with E-state index in [4.69, 9.17) is 15.9 Å². The van der Waals surface area contributed by atoms with Crippen LogP contribution in [-0.4, -0.2) is 32.2 Å². The topological polar surface area (TPSA) is 125 Å². The summed E-state index contributed by atoms with van der Waals surface area (Å²) in [6.45, 7) is 0. The lowest BCUT2D eigenvalue weighted by atomic mass is 10.2. The molecule has 0 saturated heterocycles.